The molecule has 140 valence electrons. The summed E-state index contributed by atoms with van der Waals surface area (Å²) in [5.74, 6) is 1.64. The van der Waals surface area contributed by atoms with Gasteiger partial charge in [-0.1, -0.05) is 33.2 Å². The third-order valence-corrected chi connectivity index (χ3v) is 4.66. The summed E-state index contributed by atoms with van der Waals surface area (Å²) in [6.45, 7) is 1.95. The molecule has 6 nitrogen and oxygen atoms in total. The van der Waals surface area contributed by atoms with Gasteiger partial charge in [0.25, 0.3) is 0 Å². The van der Waals surface area contributed by atoms with Crippen molar-refractivity contribution in [2.45, 2.75) is 25.8 Å². The Labute approximate surface area is 166 Å². The molecule has 1 aromatic heterocycles. The van der Waals surface area contributed by atoms with Crippen LogP contribution in [-0.2, 0) is 11.2 Å². The number of methoxy groups -OCH3 is 1. The Morgan fingerprint density at radius 3 is 2.56 bits per heavy atom. The largest absolute Gasteiger partial charge is 0.497 e. The zero-order valence-electron chi connectivity index (χ0n) is 15.1. The minimum Gasteiger partial charge on any atom is -0.497 e. The molecule has 1 amide bonds. The van der Waals surface area contributed by atoms with E-state index in [1.54, 1.807) is 7.11 Å². The standard InChI is InChI=1S/C20H20BrN3O3/c1-13(14-3-7-16(21)8-4-14)22-18(25)11-12-19-23-20(24-27-19)15-5-9-17(26-2)10-6-15/h3-10,13H,11-12H2,1-2H3,(H,22,25). The molecular weight excluding hydrogens is 410 g/mol. The van der Waals surface area contributed by atoms with Gasteiger partial charge in [-0.3, -0.25) is 4.79 Å². The van der Waals surface area contributed by atoms with Crippen LogP contribution in [0, 0.1) is 0 Å². The van der Waals surface area contributed by atoms with Crippen molar-refractivity contribution in [1.82, 2.24) is 15.5 Å². The van der Waals surface area contributed by atoms with Gasteiger partial charge in [-0.05, 0) is 48.9 Å². The molecule has 0 fully saturated rings. The van der Waals surface area contributed by atoms with Crippen LogP contribution in [-0.4, -0.2) is 23.2 Å². The van der Waals surface area contributed by atoms with Gasteiger partial charge in [-0.15, -0.1) is 0 Å². The van der Waals surface area contributed by atoms with Gasteiger partial charge < -0.3 is 14.6 Å². The second-order valence-corrected chi connectivity index (χ2v) is 7.00. The SMILES string of the molecule is COc1ccc(-c2noc(CCC(=O)NC(C)c3ccc(Br)cc3)n2)cc1. The van der Waals surface area contributed by atoms with Crippen LogP contribution in [0.1, 0.15) is 30.8 Å². The van der Waals surface area contributed by atoms with Crippen molar-refractivity contribution < 1.29 is 14.1 Å². The number of aryl methyl sites for hydroxylation is 1. The van der Waals surface area contributed by atoms with E-state index >= 15 is 0 Å². The van der Waals surface area contributed by atoms with Crippen LogP contribution in [0.5, 0.6) is 5.75 Å². The molecule has 1 heterocycles. The predicted octanol–water partition coefficient (Wildman–Crippen LogP) is 4.32. The lowest BCUT2D eigenvalue weighted by Crippen LogP contribution is -2.26. The highest BCUT2D eigenvalue weighted by Crippen LogP contribution is 2.20. The number of carbonyl (C=O) groups excluding carboxylic acids is 1. The molecule has 1 unspecified atom stereocenters. The summed E-state index contributed by atoms with van der Waals surface area (Å²) in [6, 6.07) is 15.2. The number of halogens is 1. The van der Waals surface area contributed by atoms with Crippen molar-refractivity contribution in [1.29, 1.82) is 0 Å². The van der Waals surface area contributed by atoms with E-state index < -0.39 is 0 Å². The van der Waals surface area contributed by atoms with E-state index in [4.69, 9.17) is 9.26 Å². The molecule has 0 radical (unpaired) electrons. The second-order valence-electron chi connectivity index (χ2n) is 6.08. The maximum absolute atomic E-state index is 12.2. The molecule has 2 aromatic carbocycles. The molecule has 0 saturated carbocycles. The average molecular weight is 430 g/mol. The zero-order chi connectivity index (χ0) is 19.2. The number of amides is 1. The third kappa shape index (κ3) is 5.17. The summed E-state index contributed by atoms with van der Waals surface area (Å²) in [5, 5.41) is 6.95. The van der Waals surface area contributed by atoms with Crippen molar-refractivity contribution in [3.8, 4) is 17.1 Å². The fraction of sp³-hybridized carbons (Fsp3) is 0.250. The van der Waals surface area contributed by atoms with Crippen LogP contribution in [0.3, 0.4) is 0 Å². The molecule has 1 N–H and O–H groups in total. The molecule has 0 aliphatic rings. The first-order chi connectivity index (χ1) is 13.0. The summed E-state index contributed by atoms with van der Waals surface area (Å²) in [6.07, 6.45) is 0.674. The molecule has 0 saturated heterocycles. The van der Waals surface area contributed by atoms with Gasteiger partial charge >= 0.3 is 0 Å². The topological polar surface area (TPSA) is 77.2 Å². The fourth-order valence-corrected chi connectivity index (χ4v) is 2.85. The summed E-state index contributed by atoms with van der Waals surface area (Å²) in [5.41, 5.74) is 1.88. The van der Waals surface area contributed by atoms with E-state index in [9.17, 15) is 4.79 Å². The minimum absolute atomic E-state index is 0.0605. The molecule has 27 heavy (non-hydrogen) atoms. The van der Waals surface area contributed by atoms with Crippen LogP contribution in [0.15, 0.2) is 57.5 Å². The third-order valence-electron chi connectivity index (χ3n) is 4.13. The van der Waals surface area contributed by atoms with E-state index in [2.05, 4.69) is 31.4 Å². The van der Waals surface area contributed by atoms with Crippen LogP contribution in [0.25, 0.3) is 11.4 Å². The van der Waals surface area contributed by atoms with Crippen LogP contribution < -0.4 is 10.1 Å². The molecule has 1 atom stereocenters. The molecule has 3 aromatic rings. The average Bonchev–Trinajstić information content (AvgIpc) is 3.16. The number of aromatic nitrogens is 2. The number of rotatable bonds is 7. The lowest BCUT2D eigenvalue weighted by molar-refractivity contribution is -0.121. The van der Waals surface area contributed by atoms with Crippen LogP contribution in [0.2, 0.25) is 0 Å². The first-order valence-corrected chi connectivity index (χ1v) is 9.36. The lowest BCUT2D eigenvalue weighted by atomic mass is 10.1. The van der Waals surface area contributed by atoms with Gasteiger partial charge in [-0.2, -0.15) is 4.98 Å². The highest BCUT2D eigenvalue weighted by atomic mass is 79.9. The normalized spacial score (nSPS) is 11.8. The van der Waals surface area contributed by atoms with Gasteiger partial charge in [0, 0.05) is 22.9 Å². The number of nitrogens with one attached hydrogen (secondary N) is 1. The molecule has 0 aliphatic heterocycles. The predicted molar refractivity (Wildman–Crippen MR) is 105 cm³/mol. The van der Waals surface area contributed by atoms with Gasteiger partial charge in [0.2, 0.25) is 17.6 Å². The van der Waals surface area contributed by atoms with E-state index in [1.807, 2.05) is 55.5 Å². The molecular formula is C20H20BrN3O3. The van der Waals surface area contributed by atoms with E-state index in [-0.39, 0.29) is 18.4 Å². The molecule has 3 rings (SSSR count). The van der Waals surface area contributed by atoms with Gasteiger partial charge in [0.05, 0.1) is 13.2 Å². The Hall–Kier alpha value is -2.67. The zero-order valence-corrected chi connectivity index (χ0v) is 16.7. The molecule has 7 heteroatoms. The number of carbonyl (C=O) groups is 1. The van der Waals surface area contributed by atoms with Crippen molar-refractivity contribution in [2.24, 2.45) is 0 Å². The first kappa shape index (κ1) is 19.1. The highest BCUT2D eigenvalue weighted by Gasteiger charge is 2.13. The van der Waals surface area contributed by atoms with Crippen molar-refractivity contribution in [3.05, 3.63) is 64.5 Å². The summed E-state index contributed by atoms with van der Waals surface area (Å²) in [7, 11) is 1.62. The molecule has 0 spiro atoms. The first-order valence-electron chi connectivity index (χ1n) is 8.57. The number of ether oxygens (including phenoxy) is 1. The Bertz CT molecular complexity index is 892. The lowest BCUT2D eigenvalue weighted by Gasteiger charge is -2.14. The van der Waals surface area contributed by atoms with Crippen LogP contribution in [0.4, 0.5) is 0 Å². The monoisotopic (exact) mass is 429 g/mol. The summed E-state index contributed by atoms with van der Waals surface area (Å²) < 4.78 is 11.4. The highest BCUT2D eigenvalue weighted by molar-refractivity contribution is 9.10. The van der Waals surface area contributed by atoms with Gasteiger partial charge in [0.1, 0.15) is 5.75 Å². The van der Waals surface area contributed by atoms with Crippen molar-refractivity contribution >= 4 is 21.8 Å². The number of hydrogen-bond donors (Lipinski definition) is 1. The number of benzene rings is 2. The Balaban J connectivity index is 1.53. The van der Waals surface area contributed by atoms with E-state index in [0.29, 0.717) is 18.1 Å². The Kier molecular flexibility index (Phi) is 6.24. The van der Waals surface area contributed by atoms with Crippen molar-refractivity contribution in [3.63, 3.8) is 0 Å². The van der Waals surface area contributed by atoms with E-state index in [0.717, 1.165) is 21.3 Å². The van der Waals surface area contributed by atoms with E-state index in [1.165, 1.54) is 0 Å². The summed E-state index contributed by atoms with van der Waals surface area (Å²) >= 11 is 3.41. The maximum atomic E-state index is 12.2. The van der Waals surface area contributed by atoms with Gasteiger partial charge in [0.15, 0.2) is 0 Å². The second kappa shape index (κ2) is 8.81. The number of nitrogens with zero attached hydrogens (tertiary/aromatic N) is 2. The van der Waals surface area contributed by atoms with Gasteiger partial charge in [-0.25, -0.2) is 0 Å². The fourth-order valence-electron chi connectivity index (χ4n) is 2.58. The quantitative estimate of drug-likeness (QED) is 0.604. The van der Waals surface area contributed by atoms with Crippen molar-refractivity contribution in [2.75, 3.05) is 7.11 Å². The molecule has 0 bridgehead atoms. The Morgan fingerprint density at radius 2 is 1.89 bits per heavy atom. The maximum Gasteiger partial charge on any atom is 0.227 e. The summed E-state index contributed by atoms with van der Waals surface area (Å²) in [4.78, 5) is 16.5. The van der Waals surface area contributed by atoms with Crippen LogP contribution >= 0.6 is 15.9 Å². The Morgan fingerprint density at radius 1 is 1.19 bits per heavy atom. The molecule has 0 aliphatic carbocycles. The number of hydrogen-bond acceptors (Lipinski definition) is 5. The smallest absolute Gasteiger partial charge is 0.227 e. The minimum atomic E-state index is -0.0665.